The first kappa shape index (κ1) is 16.8. The normalized spacial score (nSPS) is 15.2. The van der Waals surface area contributed by atoms with Crippen LogP contribution in [0, 0.1) is 5.92 Å². The van der Waals surface area contributed by atoms with Gasteiger partial charge in [0.05, 0.1) is 15.8 Å². The fraction of sp³-hybridized carbons (Fsp3) is 0.538. The van der Waals surface area contributed by atoms with Gasteiger partial charge in [-0.25, -0.2) is 8.42 Å². The van der Waals surface area contributed by atoms with Crippen LogP contribution in [0.15, 0.2) is 23.1 Å². The minimum absolute atomic E-state index is 0.0119. The zero-order valence-electron chi connectivity index (χ0n) is 11.3. The Morgan fingerprint density at radius 3 is 2.21 bits per heavy atom. The van der Waals surface area contributed by atoms with Gasteiger partial charge in [0.15, 0.2) is 9.84 Å². The molecule has 0 fully saturated rings. The van der Waals surface area contributed by atoms with Crippen LogP contribution in [0.3, 0.4) is 0 Å². The van der Waals surface area contributed by atoms with Gasteiger partial charge in [-0.1, -0.05) is 49.5 Å². The zero-order valence-corrected chi connectivity index (χ0v) is 13.6. The second kappa shape index (κ2) is 6.93. The van der Waals surface area contributed by atoms with Crippen LogP contribution in [-0.4, -0.2) is 27.3 Å². The van der Waals surface area contributed by atoms with Crippen LogP contribution in [-0.2, 0) is 9.84 Å². The fourth-order valence-electron chi connectivity index (χ4n) is 1.92. The van der Waals surface area contributed by atoms with Gasteiger partial charge in [0.2, 0.25) is 0 Å². The van der Waals surface area contributed by atoms with Crippen molar-refractivity contribution in [3.05, 3.63) is 28.2 Å². The molecule has 0 aliphatic carbocycles. The fourth-order valence-corrected chi connectivity index (χ4v) is 4.88. The molecule has 3 nitrogen and oxygen atoms in total. The van der Waals surface area contributed by atoms with Crippen LogP contribution in [0.5, 0.6) is 0 Å². The summed E-state index contributed by atoms with van der Waals surface area (Å²) in [7, 11) is -1.75. The minimum atomic E-state index is -3.51. The van der Waals surface area contributed by atoms with Crippen molar-refractivity contribution in [3.8, 4) is 0 Å². The van der Waals surface area contributed by atoms with E-state index in [2.05, 4.69) is 5.32 Å². The Morgan fingerprint density at radius 1 is 1.26 bits per heavy atom. The average molecular weight is 324 g/mol. The number of sulfone groups is 1. The van der Waals surface area contributed by atoms with Crippen molar-refractivity contribution in [2.75, 3.05) is 12.8 Å². The summed E-state index contributed by atoms with van der Waals surface area (Å²) in [4.78, 5) is 0.0295. The third kappa shape index (κ3) is 4.09. The molecule has 0 amide bonds. The van der Waals surface area contributed by atoms with Gasteiger partial charge < -0.3 is 5.32 Å². The van der Waals surface area contributed by atoms with Crippen LogP contribution in [0.25, 0.3) is 0 Å². The van der Waals surface area contributed by atoms with E-state index in [4.69, 9.17) is 23.2 Å². The topological polar surface area (TPSA) is 46.2 Å². The lowest BCUT2D eigenvalue weighted by Crippen LogP contribution is -2.38. The lowest BCUT2D eigenvalue weighted by Gasteiger charge is -2.22. The smallest absolute Gasteiger partial charge is 0.182 e. The molecule has 0 aromatic heterocycles. The lowest BCUT2D eigenvalue weighted by atomic mass is 10.0. The van der Waals surface area contributed by atoms with Gasteiger partial charge in [0, 0.05) is 6.04 Å². The van der Waals surface area contributed by atoms with Gasteiger partial charge in [-0.3, -0.25) is 0 Å². The molecule has 0 aliphatic rings. The van der Waals surface area contributed by atoms with Crippen LogP contribution in [0.1, 0.15) is 20.3 Å². The van der Waals surface area contributed by atoms with Gasteiger partial charge in [0.1, 0.15) is 4.90 Å². The second-order valence-electron chi connectivity index (χ2n) is 4.61. The highest BCUT2D eigenvalue weighted by Crippen LogP contribution is 2.30. The van der Waals surface area contributed by atoms with E-state index in [1.807, 2.05) is 13.8 Å². The van der Waals surface area contributed by atoms with Crippen LogP contribution in [0.4, 0.5) is 0 Å². The van der Waals surface area contributed by atoms with Crippen molar-refractivity contribution in [1.82, 2.24) is 5.32 Å². The molecule has 0 saturated heterocycles. The predicted octanol–water partition coefficient (Wildman–Crippen LogP) is 3.40. The summed E-state index contributed by atoms with van der Waals surface area (Å²) in [6.45, 7) is 4.05. The molecule has 6 heteroatoms. The summed E-state index contributed by atoms with van der Waals surface area (Å²) in [6, 6.07) is 4.59. The second-order valence-corrected chi connectivity index (χ2v) is 7.40. The molecule has 1 N–H and O–H groups in total. The molecule has 0 saturated carbocycles. The molecule has 2 unspecified atom stereocenters. The monoisotopic (exact) mass is 323 g/mol. The van der Waals surface area contributed by atoms with E-state index in [1.165, 1.54) is 12.1 Å². The van der Waals surface area contributed by atoms with Crippen LogP contribution < -0.4 is 5.32 Å². The van der Waals surface area contributed by atoms with Gasteiger partial charge in [-0.2, -0.15) is 0 Å². The minimum Gasteiger partial charge on any atom is -0.316 e. The molecule has 108 valence electrons. The number of hydrogen-bond donors (Lipinski definition) is 1. The molecule has 1 aromatic rings. The maximum atomic E-state index is 12.5. The summed E-state index contributed by atoms with van der Waals surface area (Å²) in [5.74, 6) is 0.239. The predicted molar refractivity (Wildman–Crippen MR) is 80.8 cm³/mol. The largest absolute Gasteiger partial charge is 0.316 e. The van der Waals surface area contributed by atoms with Gasteiger partial charge in [-0.05, 0) is 25.1 Å². The van der Waals surface area contributed by atoms with Gasteiger partial charge >= 0.3 is 0 Å². The molecule has 1 rings (SSSR count). The van der Waals surface area contributed by atoms with E-state index in [0.717, 1.165) is 6.42 Å². The maximum absolute atomic E-state index is 12.5. The Hall–Kier alpha value is -0.290. The van der Waals surface area contributed by atoms with Gasteiger partial charge in [-0.15, -0.1) is 0 Å². The Labute approximate surface area is 125 Å². The summed E-state index contributed by atoms with van der Waals surface area (Å²) in [6.07, 6.45) is 0.900. The summed E-state index contributed by atoms with van der Waals surface area (Å²) in [5.41, 5.74) is 0. The molecule has 0 spiro atoms. The first-order valence-corrected chi connectivity index (χ1v) is 8.58. The van der Waals surface area contributed by atoms with Crippen LogP contribution in [0.2, 0.25) is 10.0 Å². The molecule has 19 heavy (non-hydrogen) atoms. The van der Waals surface area contributed by atoms with Crippen molar-refractivity contribution >= 4 is 33.0 Å². The molecular formula is C13H19Cl2NO2S. The number of hydrogen-bond acceptors (Lipinski definition) is 3. The molecule has 1 aromatic carbocycles. The summed E-state index contributed by atoms with van der Waals surface area (Å²) < 4.78 is 24.9. The maximum Gasteiger partial charge on any atom is 0.182 e. The van der Waals surface area contributed by atoms with E-state index in [-0.39, 0.29) is 32.7 Å². The molecular weight excluding hydrogens is 305 g/mol. The van der Waals surface area contributed by atoms with Crippen molar-refractivity contribution in [2.24, 2.45) is 5.92 Å². The van der Waals surface area contributed by atoms with Crippen molar-refractivity contribution in [1.29, 1.82) is 0 Å². The van der Waals surface area contributed by atoms with Gasteiger partial charge in [0.25, 0.3) is 0 Å². The number of benzene rings is 1. The number of nitrogens with one attached hydrogen (secondary N) is 1. The third-order valence-electron chi connectivity index (χ3n) is 3.33. The highest BCUT2D eigenvalue weighted by molar-refractivity contribution is 7.91. The molecule has 2 atom stereocenters. The Bertz CT molecular complexity index is 511. The van der Waals surface area contributed by atoms with Crippen molar-refractivity contribution in [2.45, 2.75) is 31.2 Å². The highest BCUT2D eigenvalue weighted by atomic mass is 35.5. The summed E-state index contributed by atoms with van der Waals surface area (Å²) >= 11 is 11.9. The van der Waals surface area contributed by atoms with E-state index in [9.17, 15) is 8.42 Å². The zero-order chi connectivity index (χ0) is 14.6. The van der Waals surface area contributed by atoms with Crippen molar-refractivity contribution in [3.63, 3.8) is 0 Å². The Morgan fingerprint density at radius 2 is 1.79 bits per heavy atom. The quantitative estimate of drug-likeness (QED) is 0.872. The molecule has 0 heterocycles. The SMILES string of the molecule is CCC(C)C(CS(=O)(=O)c1c(Cl)cccc1Cl)NC. The van der Waals surface area contributed by atoms with Crippen LogP contribution >= 0.6 is 23.2 Å². The number of rotatable bonds is 6. The van der Waals surface area contributed by atoms with Crippen molar-refractivity contribution < 1.29 is 8.42 Å². The standard InChI is InChI=1S/C13H19Cl2NO2S/c1-4-9(2)12(16-3)8-19(17,18)13-10(14)6-5-7-11(13)15/h5-7,9,12,16H,4,8H2,1-3H3. The lowest BCUT2D eigenvalue weighted by molar-refractivity contribution is 0.414. The van der Waals surface area contributed by atoms with E-state index in [1.54, 1.807) is 13.1 Å². The molecule has 0 bridgehead atoms. The summed E-state index contributed by atoms with van der Waals surface area (Å²) in [5, 5.41) is 3.40. The van der Waals surface area contributed by atoms with E-state index < -0.39 is 9.84 Å². The van der Waals surface area contributed by atoms with E-state index in [0.29, 0.717) is 0 Å². The Balaban J connectivity index is 3.11. The number of halogens is 2. The Kier molecular flexibility index (Phi) is 6.12. The third-order valence-corrected chi connectivity index (χ3v) is 6.04. The average Bonchev–Trinajstić information content (AvgIpc) is 2.34. The first-order valence-electron chi connectivity index (χ1n) is 6.17. The van der Waals surface area contributed by atoms with E-state index >= 15 is 0 Å². The first-order chi connectivity index (χ1) is 8.83. The molecule has 0 aliphatic heterocycles. The molecule has 0 radical (unpaired) electrons. The highest BCUT2D eigenvalue weighted by Gasteiger charge is 2.27.